The van der Waals surface area contributed by atoms with Crippen LogP contribution in [0.1, 0.15) is 22.2 Å². The maximum Gasteiger partial charge on any atom is 0.271 e. The van der Waals surface area contributed by atoms with Crippen LogP contribution in [0.15, 0.2) is 40.6 Å². The van der Waals surface area contributed by atoms with Crippen LogP contribution in [0.3, 0.4) is 0 Å². The van der Waals surface area contributed by atoms with Crippen molar-refractivity contribution in [3.63, 3.8) is 0 Å². The quantitative estimate of drug-likeness (QED) is 0.390. The molecule has 0 unspecified atom stereocenters. The summed E-state index contributed by atoms with van der Waals surface area (Å²) < 4.78 is 23.6. The first-order valence-corrected chi connectivity index (χ1v) is 12.2. The summed E-state index contributed by atoms with van der Waals surface area (Å²) in [6, 6.07) is 6.71. The molecule has 0 aliphatic carbocycles. The Morgan fingerprint density at radius 2 is 1.97 bits per heavy atom. The van der Waals surface area contributed by atoms with Crippen LogP contribution < -0.4 is 10.6 Å². The fourth-order valence-electron chi connectivity index (χ4n) is 2.47. The van der Waals surface area contributed by atoms with E-state index in [4.69, 9.17) is 0 Å². The topological polar surface area (TPSA) is 148 Å². The van der Waals surface area contributed by atoms with Crippen molar-refractivity contribution in [2.45, 2.75) is 18.4 Å². The number of benzene rings is 1. The third kappa shape index (κ3) is 5.71. The number of non-ortho nitro benzene ring substituents is 1. The largest absolute Gasteiger partial charge is 0.351 e. The highest BCUT2D eigenvalue weighted by molar-refractivity contribution is 7.90. The van der Waals surface area contributed by atoms with Gasteiger partial charge in [0.15, 0.2) is 15.0 Å². The maximum atomic E-state index is 12.6. The number of nitro benzene ring substituents is 1. The number of hydrogen-bond acceptors (Lipinski definition) is 9. The van der Waals surface area contributed by atoms with Gasteiger partial charge in [0.1, 0.15) is 0 Å². The zero-order valence-electron chi connectivity index (χ0n) is 16.2. The number of hydrogen-bond donors (Lipinski definition) is 2. The van der Waals surface area contributed by atoms with E-state index in [2.05, 4.69) is 15.6 Å². The molecule has 0 spiro atoms. The number of carbonyl (C=O) groups is 2. The molecule has 0 bridgehead atoms. The van der Waals surface area contributed by atoms with E-state index in [-0.39, 0.29) is 21.5 Å². The highest BCUT2D eigenvalue weighted by Gasteiger charge is 2.20. The first-order valence-electron chi connectivity index (χ1n) is 8.63. The van der Waals surface area contributed by atoms with Gasteiger partial charge in [-0.1, -0.05) is 0 Å². The lowest BCUT2D eigenvalue weighted by atomic mass is 10.2. The zero-order valence-corrected chi connectivity index (χ0v) is 18.7. The van der Waals surface area contributed by atoms with E-state index in [1.165, 1.54) is 18.3 Å². The second-order valence-electron chi connectivity index (χ2n) is 6.41. The van der Waals surface area contributed by atoms with Crippen LogP contribution in [0, 0.1) is 10.1 Å². The van der Waals surface area contributed by atoms with E-state index in [1.54, 1.807) is 5.38 Å². The molecule has 0 aliphatic rings. The Morgan fingerprint density at radius 3 is 2.61 bits per heavy atom. The normalized spacial score (nSPS) is 11.2. The molecule has 162 valence electrons. The van der Waals surface area contributed by atoms with E-state index in [9.17, 15) is 28.1 Å². The number of thiophene rings is 1. The van der Waals surface area contributed by atoms with Gasteiger partial charge in [-0.15, -0.1) is 22.7 Å². The minimum Gasteiger partial charge on any atom is -0.351 e. The van der Waals surface area contributed by atoms with E-state index in [0.717, 1.165) is 45.5 Å². The number of rotatable bonds is 7. The third-order valence-corrected chi connectivity index (χ3v) is 6.90. The summed E-state index contributed by atoms with van der Waals surface area (Å²) in [6.07, 6.45) is 0.905. The molecule has 31 heavy (non-hydrogen) atoms. The molecule has 2 heterocycles. The maximum absolute atomic E-state index is 12.6. The lowest BCUT2D eigenvalue weighted by Crippen LogP contribution is -2.17. The molecule has 0 atom stereocenters. The van der Waals surface area contributed by atoms with Crippen molar-refractivity contribution >= 4 is 55.1 Å². The lowest BCUT2D eigenvalue weighted by Gasteiger charge is -2.05. The molecule has 0 aliphatic heterocycles. The van der Waals surface area contributed by atoms with Crippen molar-refractivity contribution in [3.05, 3.63) is 56.3 Å². The van der Waals surface area contributed by atoms with Gasteiger partial charge in [0, 0.05) is 41.1 Å². The van der Waals surface area contributed by atoms with E-state index >= 15 is 0 Å². The second kappa shape index (κ2) is 8.91. The fraction of sp³-hybridized carbons (Fsp3) is 0.167. The van der Waals surface area contributed by atoms with Crippen molar-refractivity contribution < 1.29 is 22.9 Å². The average Bonchev–Trinajstić information content (AvgIpc) is 3.34. The molecule has 3 rings (SSSR count). The van der Waals surface area contributed by atoms with E-state index in [0.29, 0.717) is 12.2 Å². The third-order valence-electron chi connectivity index (χ3n) is 3.94. The average molecular weight is 481 g/mol. The number of sulfone groups is 1. The summed E-state index contributed by atoms with van der Waals surface area (Å²) in [5.74, 6) is -0.846. The molecular formula is C18H16N4O6S3. The number of aromatic nitrogens is 1. The molecule has 0 saturated heterocycles. The number of nitrogens with one attached hydrogen (secondary N) is 2. The first-order chi connectivity index (χ1) is 14.5. The molecule has 2 aromatic heterocycles. The van der Waals surface area contributed by atoms with Crippen LogP contribution >= 0.6 is 22.7 Å². The molecule has 1 aromatic carbocycles. The van der Waals surface area contributed by atoms with Crippen LogP contribution in [0.25, 0.3) is 10.6 Å². The minimum absolute atomic E-state index is 0.131. The number of amides is 2. The summed E-state index contributed by atoms with van der Waals surface area (Å²) in [5, 5.41) is 18.3. The van der Waals surface area contributed by atoms with Crippen molar-refractivity contribution in [3.8, 4) is 10.6 Å². The SMILES string of the molecule is CC(=O)NCc1ccc(-c2csc(NC(=O)c3cc([N+](=O)[O-])cc(S(C)(=O)=O)c3)n2)s1. The second-order valence-corrected chi connectivity index (χ2v) is 10.5. The summed E-state index contributed by atoms with van der Waals surface area (Å²) in [6.45, 7) is 1.84. The number of nitro groups is 1. The van der Waals surface area contributed by atoms with E-state index < -0.39 is 26.4 Å². The summed E-state index contributed by atoms with van der Waals surface area (Å²) in [4.78, 5) is 39.7. The van der Waals surface area contributed by atoms with E-state index in [1.807, 2.05) is 12.1 Å². The monoisotopic (exact) mass is 480 g/mol. The van der Waals surface area contributed by atoms with Crippen LogP contribution in [-0.2, 0) is 21.2 Å². The van der Waals surface area contributed by atoms with Gasteiger partial charge < -0.3 is 5.32 Å². The van der Waals surface area contributed by atoms with Gasteiger partial charge in [0.05, 0.1) is 26.9 Å². The predicted molar refractivity (Wildman–Crippen MR) is 117 cm³/mol. The van der Waals surface area contributed by atoms with Crippen LogP contribution in [-0.4, -0.2) is 36.4 Å². The Labute approximate surface area is 185 Å². The van der Waals surface area contributed by atoms with Gasteiger partial charge >= 0.3 is 0 Å². The highest BCUT2D eigenvalue weighted by atomic mass is 32.2. The summed E-state index contributed by atoms with van der Waals surface area (Å²) in [5.41, 5.74) is -0.0477. The Balaban J connectivity index is 1.79. The number of thiazole rings is 1. The van der Waals surface area contributed by atoms with Crippen LogP contribution in [0.5, 0.6) is 0 Å². The Bertz CT molecular complexity index is 1280. The Morgan fingerprint density at radius 1 is 1.23 bits per heavy atom. The van der Waals surface area contributed by atoms with Gasteiger partial charge in [0.25, 0.3) is 11.6 Å². The van der Waals surface area contributed by atoms with Crippen LogP contribution in [0.2, 0.25) is 0 Å². The molecule has 3 aromatic rings. The number of anilines is 1. The van der Waals surface area contributed by atoms with Gasteiger partial charge in [-0.2, -0.15) is 0 Å². The Kier molecular flexibility index (Phi) is 6.48. The van der Waals surface area contributed by atoms with Gasteiger partial charge in [-0.3, -0.25) is 25.0 Å². The zero-order chi connectivity index (χ0) is 22.8. The van der Waals surface area contributed by atoms with Gasteiger partial charge in [0.2, 0.25) is 5.91 Å². The molecule has 13 heteroatoms. The molecule has 0 saturated carbocycles. The first kappa shape index (κ1) is 22.5. The molecular weight excluding hydrogens is 464 g/mol. The molecule has 2 amide bonds. The summed E-state index contributed by atoms with van der Waals surface area (Å²) in [7, 11) is -3.75. The molecule has 10 nitrogen and oxygen atoms in total. The van der Waals surface area contributed by atoms with Crippen molar-refractivity contribution in [2.24, 2.45) is 0 Å². The Hall–Kier alpha value is -3.16. The standard InChI is InChI=1S/C18H16N4O6S3/c1-10(23)19-8-13-3-4-16(30-13)15-9-29-18(20-15)21-17(24)11-5-12(22(25)26)7-14(6-11)31(2,27)28/h3-7,9H,8H2,1-2H3,(H,19,23)(H,20,21,24). The van der Waals surface area contributed by atoms with Crippen molar-refractivity contribution in [1.82, 2.24) is 10.3 Å². The lowest BCUT2D eigenvalue weighted by molar-refractivity contribution is -0.385. The van der Waals surface area contributed by atoms with Crippen LogP contribution in [0.4, 0.5) is 10.8 Å². The summed E-state index contributed by atoms with van der Waals surface area (Å²) >= 11 is 2.60. The highest BCUT2D eigenvalue weighted by Crippen LogP contribution is 2.31. The number of carbonyl (C=O) groups excluding carboxylic acids is 2. The molecule has 0 fully saturated rings. The van der Waals surface area contributed by atoms with Crippen molar-refractivity contribution in [2.75, 3.05) is 11.6 Å². The minimum atomic E-state index is -3.75. The smallest absolute Gasteiger partial charge is 0.271 e. The predicted octanol–water partition coefficient (Wildman–Crippen LogP) is 3.07. The van der Waals surface area contributed by atoms with Gasteiger partial charge in [-0.25, -0.2) is 13.4 Å². The van der Waals surface area contributed by atoms with Crippen molar-refractivity contribution in [1.29, 1.82) is 0 Å². The number of nitrogens with zero attached hydrogens (tertiary/aromatic N) is 2. The fourth-order valence-corrected chi connectivity index (χ4v) is 4.83. The molecule has 0 radical (unpaired) electrons. The van der Waals surface area contributed by atoms with Gasteiger partial charge in [-0.05, 0) is 18.2 Å². The molecule has 2 N–H and O–H groups in total.